The van der Waals surface area contributed by atoms with Gasteiger partial charge >= 0.3 is 15.6 Å². The predicted octanol–water partition coefficient (Wildman–Crippen LogP) is -1.81. The summed E-state index contributed by atoms with van der Waals surface area (Å²) in [5.74, 6) is 0.159. The molecule has 0 aliphatic carbocycles. The van der Waals surface area contributed by atoms with Crippen LogP contribution < -0.4 is 17.2 Å². The maximum atomic E-state index is 9.63. The van der Waals surface area contributed by atoms with Gasteiger partial charge in [-0.25, -0.2) is 9.13 Å². The Morgan fingerprint density at radius 1 is 1.06 bits per heavy atom. The van der Waals surface area contributed by atoms with Gasteiger partial charge in [0.15, 0.2) is 5.96 Å². The van der Waals surface area contributed by atoms with Gasteiger partial charge in [-0.2, -0.15) is 4.31 Å². The summed E-state index contributed by atoms with van der Waals surface area (Å²) in [5, 5.41) is 0. The third kappa shape index (κ3) is 24.6. The number of aliphatic imine (C=N–C) groups is 1. The minimum absolute atomic E-state index is 0.159. The average Bonchev–Trinajstić information content (AvgIpc) is 2.07. The van der Waals surface area contributed by atoms with Gasteiger partial charge in [0.1, 0.15) is 0 Å². The minimum atomic E-state index is -5.05. The number of nitrogens with zero attached hydrogens (tertiary/aromatic N) is 1. The summed E-state index contributed by atoms with van der Waals surface area (Å²) >= 11 is 0. The van der Waals surface area contributed by atoms with E-state index in [1.807, 2.05) is 0 Å². The molecule has 0 aromatic heterocycles. The second kappa shape index (κ2) is 9.42. The van der Waals surface area contributed by atoms with E-state index < -0.39 is 15.6 Å². The molecule has 18 heavy (non-hydrogen) atoms. The van der Waals surface area contributed by atoms with Crippen molar-refractivity contribution in [1.82, 2.24) is 0 Å². The van der Waals surface area contributed by atoms with Crippen molar-refractivity contribution in [3.63, 3.8) is 0 Å². The van der Waals surface area contributed by atoms with Gasteiger partial charge in [-0.1, -0.05) is 0 Å². The summed E-state index contributed by atoms with van der Waals surface area (Å²) in [6.07, 6.45) is 1.95. The van der Waals surface area contributed by atoms with Gasteiger partial charge in [-0.3, -0.25) is 4.99 Å². The second-order valence-corrected chi connectivity index (χ2v) is 5.48. The lowest BCUT2D eigenvalue weighted by Gasteiger charge is -2.03. The number of phosphoric acid groups is 2. The lowest BCUT2D eigenvalue weighted by Crippen LogP contribution is -2.23. The van der Waals surface area contributed by atoms with E-state index in [2.05, 4.69) is 9.30 Å². The van der Waals surface area contributed by atoms with Gasteiger partial charge in [0.2, 0.25) is 0 Å². The maximum absolute atomic E-state index is 9.63. The quantitative estimate of drug-likeness (QED) is 0.126. The molecular weight excluding hydrogens is 290 g/mol. The Morgan fingerprint density at radius 2 is 1.50 bits per heavy atom. The Kier molecular flexibility index (Phi) is 10.4. The fourth-order valence-electron chi connectivity index (χ4n) is 0.603. The minimum Gasteiger partial charge on any atom is -0.370 e. The highest BCUT2D eigenvalue weighted by Gasteiger charge is 2.27. The van der Waals surface area contributed by atoms with Crippen molar-refractivity contribution in [1.29, 1.82) is 0 Å². The number of hydrogen-bond donors (Lipinski definition) is 7. The van der Waals surface area contributed by atoms with E-state index in [1.165, 1.54) is 0 Å². The van der Waals surface area contributed by atoms with Crippen molar-refractivity contribution in [2.24, 2.45) is 22.2 Å². The lowest BCUT2D eigenvalue weighted by atomic mass is 10.3. The highest BCUT2D eigenvalue weighted by molar-refractivity contribution is 7.60. The summed E-state index contributed by atoms with van der Waals surface area (Å²) in [7, 11) is -10.1. The van der Waals surface area contributed by atoms with Crippen LogP contribution in [-0.2, 0) is 13.4 Å². The molecule has 0 radical (unpaired) electrons. The summed E-state index contributed by atoms with van der Waals surface area (Å²) in [6, 6.07) is 0. The van der Waals surface area contributed by atoms with Crippen molar-refractivity contribution < 1.29 is 33.0 Å². The van der Waals surface area contributed by atoms with E-state index in [4.69, 9.17) is 36.8 Å². The van der Waals surface area contributed by atoms with Gasteiger partial charge in [0.05, 0.1) is 0 Å². The van der Waals surface area contributed by atoms with Crippen molar-refractivity contribution >= 4 is 21.6 Å². The molecule has 0 amide bonds. The van der Waals surface area contributed by atoms with Crippen molar-refractivity contribution in [2.75, 3.05) is 13.1 Å². The molecule has 0 fully saturated rings. The van der Waals surface area contributed by atoms with Crippen molar-refractivity contribution in [3.8, 4) is 0 Å². The van der Waals surface area contributed by atoms with Crippen LogP contribution in [0.4, 0.5) is 0 Å². The van der Waals surface area contributed by atoms with Gasteiger partial charge in [-0.15, -0.1) is 0 Å². The Hall–Kier alpha value is -0.510. The molecule has 0 aromatic rings. The first-order valence-corrected chi connectivity index (χ1v) is 7.62. The Labute approximate surface area is 104 Å². The van der Waals surface area contributed by atoms with Crippen LogP contribution in [0, 0.1) is 0 Å². The van der Waals surface area contributed by atoms with Crippen LogP contribution >= 0.6 is 15.6 Å². The number of guanidine groups is 1. The van der Waals surface area contributed by atoms with E-state index in [9.17, 15) is 9.13 Å². The second-order valence-electron chi connectivity index (χ2n) is 2.87. The van der Waals surface area contributed by atoms with Crippen LogP contribution in [0.1, 0.15) is 12.8 Å². The number of nitrogens with two attached hydrogens (primary N) is 3. The van der Waals surface area contributed by atoms with E-state index in [1.54, 1.807) is 0 Å². The van der Waals surface area contributed by atoms with E-state index in [-0.39, 0.29) is 5.96 Å². The zero-order chi connectivity index (χ0) is 14.8. The molecule has 0 rings (SSSR count). The molecule has 0 spiro atoms. The molecule has 0 aromatic carbocycles. The maximum Gasteiger partial charge on any atom is 0.478 e. The molecule has 13 heteroatoms. The zero-order valence-corrected chi connectivity index (χ0v) is 11.2. The molecule has 0 unspecified atom stereocenters. The number of hydrogen-bond acceptors (Lipinski definition) is 5. The summed E-state index contributed by atoms with van der Waals surface area (Å²) in [6.45, 7) is 1.40. The van der Waals surface area contributed by atoms with Crippen molar-refractivity contribution in [3.05, 3.63) is 0 Å². The highest BCUT2D eigenvalue weighted by atomic mass is 31.3. The molecule has 0 heterocycles. The molecule has 110 valence electrons. The van der Waals surface area contributed by atoms with E-state index in [0.29, 0.717) is 13.1 Å². The van der Waals surface area contributed by atoms with Crippen LogP contribution in [-0.4, -0.2) is 38.6 Å². The standard InChI is InChI=1S/C5H14N4.H4O7P2/c6-3-1-2-4-9-5(7)8;1-8(2,3)7-9(4,5)6/h1-4,6H2,(H4,7,8,9);(H2,1,2,3)(H2,4,5,6). The van der Waals surface area contributed by atoms with Crippen LogP contribution in [0.25, 0.3) is 0 Å². The first kappa shape index (κ1) is 19.8. The average molecular weight is 308 g/mol. The molecule has 0 aliphatic heterocycles. The van der Waals surface area contributed by atoms with Gasteiger partial charge < -0.3 is 36.8 Å². The summed E-state index contributed by atoms with van der Waals surface area (Å²) < 4.78 is 22.2. The summed E-state index contributed by atoms with van der Waals surface area (Å²) in [4.78, 5) is 34.8. The topological polar surface area (TPSA) is 215 Å². The first-order chi connectivity index (χ1) is 7.98. The predicted molar refractivity (Wildman–Crippen MR) is 64.1 cm³/mol. The van der Waals surface area contributed by atoms with Gasteiger partial charge in [0, 0.05) is 6.54 Å². The Balaban J connectivity index is 0. The van der Waals surface area contributed by atoms with Crippen LogP contribution in [0.5, 0.6) is 0 Å². The SMILES string of the molecule is NCCCCN=C(N)N.O=P(O)(O)OP(=O)(O)O. The zero-order valence-electron chi connectivity index (χ0n) is 9.42. The normalized spacial score (nSPS) is 11.4. The molecular formula is C5H18N4O7P2. The smallest absolute Gasteiger partial charge is 0.370 e. The van der Waals surface area contributed by atoms with E-state index in [0.717, 1.165) is 12.8 Å². The molecule has 0 aliphatic rings. The lowest BCUT2D eigenvalue weighted by molar-refractivity contribution is 0.225. The fraction of sp³-hybridized carbons (Fsp3) is 0.800. The third-order valence-electron chi connectivity index (χ3n) is 1.12. The monoisotopic (exact) mass is 308 g/mol. The largest absolute Gasteiger partial charge is 0.478 e. The van der Waals surface area contributed by atoms with Crippen LogP contribution in [0.2, 0.25) is 0 Å². The van der Waals surface area contributed by atoms with Crippen LogP contribution in [0.15, 0.2) is 4.99 Å². The molecule has 11 nitrogen and oxygen atoms in total. The Morgan fingerprint density at radius 3 is 1.72 bits per heavy atom. The highest BCUT2D eigenvalue weighted by Crippen LogP contribution is 2.53. The molecule has 0 bridgehead atoms. The van der Waals surface area contributed by atoms with Gasteiger partial charge in [-0.05, 0) is 19.4 Å². The molecule has 10 N–H and O–H groups in total. The molecule has 0 saturated carbocycles. The first-order valence-electron chi connectivity index (χ1n) is 4.56. The molecule has 0 saturated heterocycles. The fourth-order valence-corrected chi connectivity index (χ4v) is 1.71. The summed E-state index contributed by atoms with van der Waals surface area (Å²) in [5.41, 5.74) is 15.4. The Bertz CT molecular complexity index is 313. The van der Waals surface area contributed by atoms with Crippen LogP contribution in [0.3, 0.4) is 0 Å². The van der Waals surface area contributed by atoms with E-state index >= 15 is 0 Å². The number of rotatable bonds is 6. The third-order valence-corrected chi connectivity index (χ3v) is 2.82. The molecule has 0 atom stereocenters. The number of unbranched alkanes of at least 4 members (excludes halogenated alkanes) is 1. The van der Waals surface area contributed by atoms with Gasteiger partial charge in [0.25, 0.3) is 0 Å². The van der Waals surface area contributed by atoms with Crippen molar-refractivity contribution in [2.45, 2.75) is 12.8 Å².